The van der Waals surface area contributed by atoms with Gasteiger partial charge in [-0.3, -0.25) is 4.79 Å². The molecule has 1 amide bonds. The van der Waals surface area contributed by atoms with Crippen molar-refractivity contribution in [1.29, 1.82) is 0 Å². The van der Waals surface area contributed by atoms with Gasteiger partial charge in [0.1, 0.15) is 5.69 Å². The summed E-state index contributed by atoms with van der Waals surface area (Å²) in [6.45, 7) is 1.78. The van der Waals surface area contributed by atoms with Crippen LogP contribution >= 0.6 is 0 Å². The Balaban J connectivity index is 1.79. The van der Waals surface area contributed by atoms with Crippen LogP contribution in [0.5, 0.6) is 0 Å². The van der Waals surface area contributed by atoms with E-state index in [1.165, 1.54) is 0 Å². The molecule has 3 rings (SSSR count). The van der Waals surface area contributed by atoms with Gasteiger partial charge in [0, 0.05) is 18.8 Å². The van der Waals surface area contributed by atoms with E-state index in [2.05, 4.69) is 26.7 Å². The zero-order valence-corrected chi connectivity index (χ0v) is 10.1. The molecule has 5 heteroatoms. The highest BCUT2D eigenvalue weighted by Gasteiger charge is 2.24. The average Bonchev–Trinajstić information content (AvgIpc) is 3.24. The molecule has 94 valence electrons. The van der Waals surface area contributed by atoms with E-state index in [1.54, 1.807) is 12.3 Å². The van der Waals surface area contributed by atoms with E-state index in [1.807, 2.05) is 0 Å². The van der Waals surface area contributed by atoms with Gasteiger partial charge in [0.25, 0.3) is 5.91 Å². The Morgan fingerprint density at radius 3 is 3.06 bits per heavy atom. The van der Waals surface area contributed by atoms with E-state index >= 15 is 0 Å². The minimum Gasteiger partial charge on any atom is -0.348 e. The van der Waals surface area contributed by atoms with Crippen LogP contribution in [0.2, 0.25) is 0 Å². The van der Waals surface area contributed by atoms with Crippen molar-refractivity contribution in [2.45, 2.75) is 25.3 Å². The SMILES string of the molecule is O=C(NC1CC1)c1ccnc(C2=CCNCC2)n1. The summed E-state index contributed by atoms with van der Waals surface area (Å²) in [5, 5.41) is 6.18. The average molecular weight is 244 g/mol. The van der Waals surface area contributed by atoms with E-state index < -0.39 is 0 Å². The van der Waals surface area contributed by atoms with Gasteiger partial charge in [0.2, 0.25) is 0 Å². The lowest BCUT2D eigenvalue weighted by Crippen LogP contribution is -2.27. The molecule has 1 aromatic heterocycles. The molecule has 0 aromatic carbocycles. The van der Waals surface area contributed by atoms with Crippen LogP contribution < -0.4 is 10.6 Å². The summed E-state index contributed by atoms with van der Waals surface area (Å²) in [6, 6.07) is 2.03. The van der Waals surface area contributed by atoms with E-state index in [9.17, 15) is 4.79 Å². The summed E-state index contributed by atoms with van der Waals surface area (Å²) in [7, 11) is 0. The fourth-order valence-corrected chi connectivity index (χ4v) is 1.95. The first-order chi connectivity index (χ1) is 8.83. The Bertz CT molecular complexity index is 494. The maximum atomic E-state index is 11.9. The highest BCUT2D eigenvalue weighted by molar-refractivity contribution is 5.92. The van der Waals surface area contributed by atoms with Crippen LogP contribution in [0, 0.1) is 0 Å². The van der Waals surface area contributed by atoms with Gasteiger partial charge in [-0.05, 0) is 37.4 Å². The second-order valence-electron chi connectivity index (χ2n) is 4.70. The Labute approximate surface area is 106 Å². The number of carbonyl (C=O) groups excluding carboxylic acids is 1. The summed E-state index contributed by atoms with van der Waals surface area (Å²) in [4.78, 5) is 20.5. The molecular weight excluding hydrogens is 228 g/mol. The molecule has 0 spiro atoms. The number of aromatic nitrogens is 2. The van der Waals surface area contributed by atoms with Gasteiger partial charge in [0.15, 0.2) is 5.82 Å². The van der Waals surface area contributed by atoms with Gasteiger partial charge in [-0.15, -0.1) is 0 Å². The van der Waals surface area contributed by atoms with Gasteiger partial charge >= 0.3 is 0 Å². The third kappa shape index (κ3) is 2.56. The Morgan fingerprint density at radius 2 is 2.33 bits per heavy atom. The second kappa shape index (κ2) is 4.86. The molecule has 2 aliphatic rings. The Morgan fingerprint density at radius 1 is 1.44 bits per heavy atom. The largest absolute Gasteiger partial charge is 0.348 e. The van der Waals surface area contributed by atoms with Gasteiger partial charge in [0.05, 0.1) is 0 Å². The van der Waals surface area contributed by atoms with Crippen molar-refractivity contribution >= 4 is 11.5 Å². The normalized spacial score (nSPS) is 19.2. The summed E-state index contributed by atoms with van der Waals surface area (Å²) in [5.41, 5.74) is 1.58. The van der Waals surface area contributed by atoms with Crippen molar-refractivity contribution in [3.05, 3.63) is 29.9 Å². The number of nitrogens with one attached hydrogen (secondary N) is 2. The predicted molar refractivity (Wildman–Crippen MR) is 68.0 cm³/mol. The molecule has 0 bridgehead atoms. The van der Waals surface area contributed by atoms with E-state index in [0.29, 0.717) is 17.6 Å². The summed E-state index contributed by atoms with van der Waals surface area (Å²) in [6.07, 6.45) is 6.82. The lowest BCUT2D eigenvalue weighted by Gasteiger charge is -2.13. The molecule has 5 nitrogen and oxygen atoms in total. The fourth-order valence-electron chi connectivity index (χ4n) is 1.95. The highest BCUT2D eigenvalue weighted by Crippen LogP contribution is 2.19. The molecule has 0 radical (unpaired) electrons. The zero-order valence-electron chi connectivity index (χ0n) is 10.1. The molecule has 2 heterocycles. The second-order valence-corrected chi connectivity index (χ2v) is 4.70. The minimum atomic E-state index is -0.0873. The maximum absolute atomic E-state index is 11.9. The van der Waals surface area contributed by atoms with Crippen LogP contribution in [0.25, 0.3) is 5.57 Å². The van der Waals surface area contributed by atoms with E-state index in [-0.39, 0.29) is 5.91 Å². The number of hydrogen-bond acceptors (Lipinski definition) is 4. The van der Waals surface area contributed by atoms with Crippen LogP contribution in [-0.2, 0) is 0 Å². The van der Waals surface area contributed by atoms with Crippen molar-refractivity contribution in [3.63, 3.8) is 0 Å². The maximum Gasteiger partial charge on any atom is 0.270 e. The first kappa shape index (κ1) is 11.3. The smallest absolute Gasteiger partial charge is 0.270 e. The number of carbonyl (C=O) groups is 1. The molecule has 1 aromatic rings. The van der Waals surface area contributed by atoms with E-state index in [4.69, 9.17) is 0 Å². The first-order valence-electron chi connectivity index (χ1n) is 6.37. The van der Waals surface area contributed by atoms with E-state index in [0.717, 1.165) is 37.9 Å². The lowest BCUT2D eigenvalue weighted by atomic mass is 10.1. The monoisotopic (exact) mass is 244 g/mol. The third-order valence-electron chi connectivity index (χ3n) is 3.15. The molecular formula is C13H16N4O. The number of rotatable bonds is 3. The molecule has 1 fully saturated rings. The van der Waals surface area contributed by atoms with Crippen molar-refractivity contribution < 1.29 is 4.79 Å². The molecule has 18 heavy (non-hydrogen) atoms. The molecule has 1 aliphatic carbocycles. The lowest BCUT2D eigenvalue weighted by molar-refractivity contribution is 0.0946. The minimum absolute atomic E-state index is 0.0873. The quantitative estimate of drug-likeness (QED) is 0.823. The van der Waals surface area contributed by atoms with Crippen molar-refractivity contribution in [3.8, 4) is 0 Å². The topological polar surface area (TPSA) is 66.9 Å². The van der Waals surface area contributed by atoms with Crippen LogP contribution in [0.15, 0.2) is 18.3 Å². The van der Waals surface area contributed by atoms with Gasteiger partial charge in [-0.25, -0.2) is 9.97 Å². The molecule has 1 aliphatic heterocycles. The molecule has 2 N–H and O–H groups in total. The fraction of sp³-hybridized carbons (Fsp3) is 0.462. The summed E-state index contributed by atoms with van der Waals surface area (Å²) < 4.78 is 0. The number of amides is 1. The van der Waals surface area contributed by atoms with Gasteiger partial charge in [-0.1, -0.05) is 6.08 Å². The standard InChI is InChI=1S/C13H16N4O/c18-13(16-10-1-2-10)11-5-8-15-12(17-11)9-3-6-14-7-4-9/h3,5,8,10,14H,1-2,4,6-7H2,(H,16,18). The van der Waals surface area contributed by atoms with Crippen LogP contribution in [-0.4, -0.2) is 35.0 Å². The van der Waals surface area contributed by atoms with Crippen LogP contribution in [0.3, 0.4) is 0 Å². The highest BCUT2D eigenvalue weighted by atomic mass is 16.2. The van der Waals surface area contributed by atoms with Crippen LogP contribution in [0.4, 0.5) is 0 Å². The van der Waals surface area contributed by atoms with Crippen LogP contribution in [0.1, 0.15) is 35.6 Å². The predicted octanol–water partition coefficient (Wildman–Crippen LogP) is 0.745. The molecule has 0 saturated heterocycles. The van der Waals surface area contributed by atoms with Crippen molar-refractivity contribution in [2.75, 3.05) is 13.1 Å². The molecule has 0 unspecified atom stereocenters. The third-order valence-corrected chi connectivity index (χ3v) is 3.15. The summed E-state index contributed by atoms with van der Waals surface area (Å²) >= 11 is 0. The number of nitrogens with zero attached hydrogens (tertiary/aromatic N) is 2. The zero-order chi connectivity index (χ0) is 12.4. The van der Waals surface area contributed by atoms with Crippen molar-refractivity contribution in [2.24, 2.45) is 0 Å². The number of hydrogen-bond donors (Lipinski definition) is 2. The Kier molecular flexibility index (Phi) is 3.06. The molecule has 1 saturated carbocycles. The first-order valence-corrected chi connectivity index (χ1v) is 6.37. The summed E-state index contributed by atoms with van der Waals surface area (Å²) in [5.74, 6) is 0.593. The van der Waals surface area contributed by atoms with Crippen molar-refractivity contribution in [1.82, 2.24) is 20.6 Å². The molecule has 0 atom stereocenters. The van der Waals surface area contributed by atoms with Gasteiger partial charge in [-0.2, -0.15) is 0 Å². The Hall–Kier alpha value is -1.75. The van der Waals surface area contributed by atoms with Gasteiger partial charge < -0.3 is 10.6 Å².